The predicted octanol–water partition coefficient (Wildman–Crippen LogP) is 3.36. The zero-order valence-corrected chi connectivity index (χ0v) is 12.2. The first-order chi connectivity index (χ1) is 10.1. The molecule has 3 nitrogen and oxygen atoms in total. The quantitative estimate of drug-likeness (QED) is 0.812. The highest BCUT2D eigenvalue weighted by Crippen LogP contribution is 2.24. The highest BCUT2D eigenvalue weighted by atomic mass is 19.1. The van der Waals surface area contributed by atoms with Gasteiger partial charge in [-0.2, -0.15) is 0 Å². The zero-order valence-electron chi connectivity index (χ0n) is 12.2. The highest BCUT2D eigenvalue weighted by Gasteiger charge is 2.16. The number of hydrogen-bond donors (Lipinski definition) is 1. The van der Waals surface area contributed by atoms with Crippen molar-refractivity contribution >= 4 is 16.8 Å². The first kappa shape index (κ1) is 15.0. The van der Waals surface area contributed by atoms with Gasteiger partial charge in [0.2, 0.25) is 5.91 Å². The Morgan fingerprint density at radius 3 is 2.62 bits per heavy atom. The fourth-order valence-electron chi connectivity index (χ4n) is 2.44. The van der Waals surface area contributed by atoms with Gasteiger partial charge in [0, 0.05) is 29.7 Å². The van der Waals surface area contributed by atoms with Crippen LogP contribution in [0.15, 0.2) is 43.5 Å². The smallest absolute Gasteiger partial charge is 0.227 e. The molecule has 1 heterocycles. The van der Waals surface area contributed by atoms with Crippen LogP contribution in [0.4, 0.5) is 4.39 Å². The summed E-state index contributed by atoms with van der Waals surface area (Å²) in [7, 11) is 0. The van der Waals surface area contributed by atoms with Crippen LogP contribution in [0.2, 0.25) is 0 Å². The van der Waals surface area contributed by atoms with Crippen molar-refractivity contribution in [3.63, 3.8) is 0 Å². The van der Waals surface area contributed by atoms with Gasteiger partial charge in [0.05, 0.1) is 6.42 Å². The van der Waals surface area contributed by atoms with Crippen molar-refractivity contribution in [2.75, 3.05) is 13.1 Å². The molecule has 1 aromatic carbocycles. The number of hydrogen-bond acceptors (Lipinski definition) is 1. The van der Waals surface area contributed by atoms with Crippen LogP contribution in [0.25, 0.3) is 10.9 Å². The molecule has 0 saturated heterocycles. The summed E-state index contributed by atoms with van der Waals surface area (Å²) in [5, 5.41) is 0.762. The molecule has 1 amide bonds. The van der Waals surface area contributed by atoms with Gasteiger partial charge in [0.25, 0.3) is 0 Å². The van der Waals surface area contributed by atoms with E-state index in [0.717, 1.165) is 22.2 Å². The van der Waals surface area contributed by atoms with Crippen LogP contribution < -0.4 is 0 Å². The zero-order chi connectivity index (χ0) is 15.4. The molecule has 0 atom stereocenters. The first-order valence-electron chi connectivity index (χ1n) is 6.83. The van der Waals surface area contributed by atoms with Crippen LogP contribution in [0.3, 0.4) is 0 Å². The molecule has 0 aliphatic carbocycles. The van der Waals surface area contributed by atoms with E-state index in [9.17, 15) is 9.18 Å². The van der Waals surface area contributed by atoms with Crippen molar-refractivity contribution in [3.05, 3.63) is 60.6 Å². The molecule has 0 spiro atoms. The molecule has 2 aromatic rings. The lowest BCUT2D eigenvalue weighted by atomic mass is 10.1. The third-order valence-electron chi connectivity index (χ3n) is 3.46. The largest absolute Gasteiger partial charge is 0.358 e. The van der Waals surface area contributed by atoms with E-state index in [4.69, 9.17) is 0 Å². The number of amides is 1. The minimum atomic E-state index is -0.302. The maximum absolute atomic E-state index is 13.4. The van der Waals surface area contributed by atoms with Crippen LogP contribution in [0, 0.1) is 12.7 Å². The maximum atomic E-state index is 13.4. The number of fused-ring (bicyclic) bond motifs is 1. The van der Waals surface area contributed by atoms with Crippen LogP contribution >= 0.6 is 0 Å². The van der Waals surface area contributed by atoms with Crippen molar-refractivity contribution in [3.8, 4) is 0 Å². The lowest BCUT2D eigenvalue weighted by Gasteiger charge is -2.19. The summed E-state index contributed by atoms with van der Waals surface area (Å²) in [5.41, 5.74) is 2.57. The third-order valence-corrected chi connectivity index (χ3v) is 3.46. The van der Waals surface area contributed by atoms with E-state index in [1.807, 2.05) is 6.92 Å². The topological polar surface area (TPSA) is 36.1 Å². The molecule has 0 aliphatic heterocycles. The van der Waals surface area contributed by atoms with Crippen LogP contribution in [0.5, 0.6) is 0 Å². The van der Waals surface area contributed by atoms with Crippen molar-refractivity contribution in [1.29, 1.82) is 0 Å². The van der Waals surface area contributed by atoms with E-state index >= 15 is 0 Å². The molecule has 4 heteroatoms. The van der Waals surface area contributed by atoms with E-state index < -0.39 is 0 Å². The molecule has 0 unspecified atom stereocenters. The molecule has 110 valence electrons. The number of carbonyl (C=O) groups is 1. The number of aromatic nitrogens is 1. The van der Waals surface area contributed by atoms with Gasteiger partial charge in [0.1, 0.15) is 5.82 Å². The number of benzene rings is 1. The Kier molecular flexibility index (Phi) is 4.58. The Hall–Kier alpha value is -2.36. The summed E-state index contributed by atoms with van der Waals surface area (Å²) in [4.78, 5) is 17.2. The number of halogens is 1. The SMILES string of the molecule is C=CCN(CC=C)C(=O)Cc1c(C)[nH]c2ccc(F)cc12. The van der Waals surface area contributed by atoms with E-state index in [1.165, 1.54) is 12.1 Å². The molecular formula is C17H19FN2O. The molecule has 0 bridgehead atoms. The van der Waals surface area contributed by atoms with Crippen LogP contribution in [-0.4, -0.2) is 28.9 Å². The van der Waals surface area contributed by atoms with Gasteiger partial charge in [-0.05, 0) is 30.7 Å². The second-order valence-electron chi connectivity index (χ2n) is 4.97. The summed E-state index contributed by atoms with van der Waals surface area (Å²) in [5.74, 6) is -0.327. The summed E-state index contributed by atoms with van der Waals surface area (Å²) >= 11 is 0. The molecule has 1 aromatic heterocycles. The number of rotatable bonds is 6. The second kappa shape index (κ2) is 6.39. The Labute approximate surface area is 123 Å². The summed E-state index contributed by atoms with van der Waals surface area (Å²) in [6, 6.07) is 4.56. The number of nitrogens with zero attached hydrogens (tertiary/aromatic N) is 1. The van der Waals surface area contributed by atoms with Gasteiger partial charge < -0.3 is 9.88 Å². The average molecular weight is 286 g/mol. The lowest BCUT2D eigenvalue weighted by Crippen LogP contribution is -2.32. The van der Waals surface area contributed by atoms with Gasteiger partial charge in [-0.15, -0.1) is 13.2 Å². The molecule has 1 N–H and O–H groups in total. The Morgan fingerprint density at radius 2 is 2.00 bits per heavy atom. The summed E-state index contributed by atoms with van der Waals surface area (Å²) in [6.07, 6.45) is 3.60. The minimum absolute atomic E-state index is 0.0249. The number of aryl methyl sites for hydroxylation is 1. The second-order valence-corrected chi connectivity index (χ2v) is 4.97. The predicted molar refractivity (Wildman–Crippen MR) is 83.7 cm³/mol. The van der Waals surface area contributed by atoms with Gasteiger partial charge in [0.15, 0.2) is 0 Å². The van der Waals surface area contributed by atoms with Crippen molar-refractivity contribution in [2.45, 2.75) is 13.3 Å². The van der Waals surface area contributed by atoms with Crippen molar-refractivity contribution in [2.24, 2.45) is 0 Å². The standard InChI is InChI=1S/C17H19FN2O/c1-4-8-20(9-5-2)17(21)11-14-12(3)19-16-7-6-13(18)10-15(14)16/h4-7,10,19H,1-2,8-9,11H2,3H3. The number of aromatic amines is 1. The fourth-order valence-corrected chi connectivity index (χ4v) is 2.44. The Bertz CT molecular complexity index is 677. The van der Waals surface area contributed by atoms with Crippen molar-refractivity contribution < 1.29 is 9.18 Å². The van der Waals surface area contributed by atoms with Crippen LogP contribution in [0.1, 0.15) is 11.3 Å². The van der Waals surface area contributed by atoms with E-state index in [-0.39, 0.29) is 18.1 Å². The first-order valence-corrected chi connectivity index (χ1v) is 6.83. The normalized spacial score (nSPS) is 10.6. The van der Waals surface area contributed by atoms with Crippen molar-refractivity contribution in [1.82, 2.24) is 9.88 Å². The fraction of sp³-hybridized carbons (Fsp3) is 0.235. The van der Waals surface area contributed by atoms with Gasteiger partial charge in [-0.25, -0.2) is 4.39 Å². The van der Waals surface area contributed by atoms with E-state index in [2.05, 4.69) is 18.1 Å². The van der Waals surface area contributed by atoms with E-state index in [0.29, 0.717) is 13.1 Å². The number of carbonyl (C=O) groups excluding carboxylic acids is 1. The average Bonchev–Trinajstić information content (AvgIpc) is 2.75. The molecule has 0 aliphatic rings. The molecule has 2 rings (SSSR count). The Balaban J connectivity index is 2.31. The monoisotopic (exact) mass is 286 g/mol. The van der Waals surface area contributed by atoms with Gasteiger partial charge in [-0.1, -0.05) is 12.2 Å². The molecule has 21 heavy (non-hydrogen) atoms. The van der Waals surface area contributed by atoms with E-state index in [1.54, 1.807) is 23.1 Å². The third kappa shape index (κ3) is 3.21. The van der Waals surface area contributed by atoms with Crippen LogP contribution in [-0.2, 0) is 11.2 Å². The highest BCUT2D eigenvalue weighted by molar-refractivity contribution is 5.90. The summed E-state index contributed by atoms with van der Waals surface area (Å²) in [6.45, 7) is 10.2. The van der Waals surface area contributed by atoms with Gasteiger partial charge in [-0.3, -0.25) is 4.79 Å². The Morgan fingerprint density at radius 1 is 1.33 bits per heavy atom. The lowest BCUT2D eigenvalue weighted by molar-refractivity contribution is -0.129. The molecular weight excluding hydrogens is 267 g/mol. The number of H-pyrrole nitrogens is 1. The van der Waals surface area contributed by atoms with Gasteiger partial charge >= 0.3 is 0 Å². The molecule has 0 saturated carbocycles. The number of nitrogens with one attached hydrogen (secondary N) is 1. The maximum Gasteiger partial charge on any atom is 0.227 e. The molecule has 0 fully saturated rings. The molecule has 0 radical (unpaired) electrons. The minimum Gasteiger partial charge on any atom is -0.358 e. The summed E-state index contributed by atoms with van der Waals surface area (Å²) < 4.78 is 13.4.